The van der Waals surface area contributed by atoms with Crippen molar-refractivity contribution in [2.75, 3.05) is 5.48 Å². The zero-order valence-electron chi connectivity index (χ0n) is 4.68. The van der Waals surface area contributed by atoms with Crippen LogP contribution >= 0.6 is 33.9 Å². The molecule has 1 aromatic heterocycles. The fraction of sp³-hybridized carbons (Fsp3) is 0.250. The topological polar surface area (TPSA) is 45.1 Å². The number of halogens is 1. The van der Waals surface area contributed by atoms with Gasteiger partial charge in [0, 0.05) is 4.88 Å². The zero-order valence-corrected chi connectivity index (χ0v) is 7.65. The first-order valence-electron chi connectivity index (χ1n) is 2.27. The number of nitrogens with zero attached hydrogens (tertiary/aromatic N) is 1. The third kappa shape index (κ3) is 1.53. The molecule has 0 amide bonds. The predicted molar refractivity (Wildman–Crippen MR) is 45.0 cm³/mol. The molecule has 1 aromatic rings. The molecule has 3 nitrogen and oxygen atoms in total. The van der Waals surface area contributed by atoms with Gasteiger partial charge in [0.1, 0.15) is 3.70 Å². The van der Waals surface area contributed by atoms with E-state index in [1.54, 1.807) is 0 Å². The minimum absolute atomic E-state index is 0.553. The van der Waals surface area contributed by atoms with Crippen LogP contribution in [0.25, 0.3) is 0 Å². The molecule has 0 radical (unpaired) electrons. The van der Waals surface area contributed by atoms with Gasteiger partial charge in [0.2, 0.25) is 5.13 Å². The van der Waals surface area contributed by atoms with Gasteiger partial charge in [-0.05, 0) is 29.5 Å². The number of hydrogen-bond donors (Lipinski definition) is 2. The summed E-state index contributed by atoms with van der Waals surface area (Å²) in [4.78, 5) is 5.09. The second-order valence-electron chi connectivity index (χ2n) is 1.48. The second-order valence-corrected chi connectivity index (χ2v) is 3.70. The van der Waals surface area contributed by atoms with Gasteiger partial charge in [-0.1, -0.05) is 11.3 Å². The van der Waals surface area contributed by atoms with Gasteiger partial charge in [-0.2, -0.15) is 0 Å². The van der Waals surface area contributed by atoms with Crippen molar-refractivity contribution in [3.05, 3.63) is 8.58 Å². The van der Waals surface area contributed by atoms with E-state index in [1.165, 1.54) is 11.3 Å². The molecule has 0 aliphatic rings. The molecule has 1 rings (SSSR count). The van der Waals surface area contributed by atoms with Gasteiger partial charge in [0.25, 0.3) is 0 Å². The fourth-order valence-corrected chi connectivity index (χ4v) is 1.76. The summed E-state index contributed by atoms with van der Waals surface area (Å²) in [6, 6.07) is 0. The first-order chi connectivity index (χ1) is 4.24. The highest BCUT2D eigenvalue weighted by Gasteiger charge is 2.01. The third-order valence-corrected chi connectivity index (χ3v) is 3.13. The van der Waals surface area contributed by atoms with E-state index in [0.29, 0.717) is 5.13 Å². The number of aryl methyl sites for hydroxylation is 1. The first-order valence-corrected chi connectivity index (χ1v) is 4.16. The molecular formula is C4H5IN2OS. The van der Waals surface area contributed by atoms with Crippen LogP contribution in [0.4, 0.5) is 5.13 Å². The van der Waals surface area contributed by atoms with Gasteiger partial charge in [-0.3, -0.25) is 5.21 Å². The molecule has 0 aromatic carbocycles. The minimum Gasteiger partial charge on any atom is -0.289 e. The Morgan fingerprint density at radius 3 is 2.67 bits per heavy atom. The molecule has 0 saturated carbocycles. The van der Waals surface area contributed by atoms with E-state index in [9.17, 15) is 0 Å². The monoisotopic (exact) mass is 256 g/mol. The summed E-state index contributed by atoms with van der Waals surface area (Å²) in [5.74, 6) is 0. The maximum Gasteiger partial charge on any atom is 0.207 e. The van der Waals surface area contributed by atoms with E-state index in [-0.39, 0.29) is 0 Å². The van der Waals surface area contributed by atoms with Gasteiger partial charge < -0.3 is 0 Å². The van der Waals surface area contributed by atoms with Crippen molar-refractivity contribution in [3.8, 4) is 0 Å². The highest BCUT2D eigenvalue weighted by molar-refractivity contribution is 14.1. The number of hydrogen-bond acceptors (Lipinski definition) is 4. The van der Waals surface area contributed by atoms with E-state index in [1.807, 2.05) is 12.4 Å². The lowest BCUT2D eigenvalue weighted by Gasteiger charge is -1.83. The molecule has 0 bridgehead atoms. The molecule has 0 fully saturated rings. The number of aromatic nitrogens is 1. The number of rotatable bonds is 1. The molecule has 0 atom stereocenters. The molecule has 9 heavy (non-hydrogen) atoms. The van der Waals surface area contributed by atoms with Crippen LogP contribution in [0.5, 0.6) is 0 Å². The summed E-state index contributed by atoms with van der Waals surface area (Å²) in [6.45, 7) is 1.96. The van der Waals surface area contributed by atoms with Crippen LogP contribution in [0.3, 0.4) is 0 Å². The average Bonchev–Trinajstić information content (AvgIpc) is 2.13. The van der Waals surface area contributed by atoms with Crippen molar-refractivity contribution < 1.29 is 5.21 Å². The van der Waals surface area contributed by atoms with Gasteiger partial charge in [0.05, 0.1) is 0 Å². The quantitative estimate of drug-likeness (QED) is 0.595. The predicted octanol–water partition coefficient (Wildman–Crippen LogP) is 1.86. The van der Waals surface area contributed by atoms with Crippen LogP contribution in [0.2, 0.25) is 0 Å². The molecule has 1 heterocycles. The standard InChI is InChI=1S/C4H5IN2OS/c1-2-3(5)6-4(7-8)9-2/h8H,1H3,(H,6,7). The lowest BCUT2D eigenvalue weighted by Crippen LogP contribution is -1.86. The van der Waals surface area contributed by atoms with Crippen molar-refractivity contribution >= 4 is 39.1 Å². The maximum atomic E-state index is 8.37. The van der Waals surface area contributed by atoms with Gasteiger partial charge in [-0.15, -0.1) is 0 Å². The van der Waals surface area contributed by atoms with E-state index >= 15 is 0 Å². The molecule has 0 spiro atoms. The SMILES string of the molecule is Cc1sc(NO)nc1I. The summed E-state index contributed by atoms with van der Waals surface area (Å²) >= 11 is 3.55. The summed E-state index contributed by atoms with van der Waals surface area (Å²) in [7, 11) is 0. The molecule has 0 saturated heterocycles. The normalized spacial score (nSPS) is 9.67. The van der Waals surface area contributed by atoms with Crippen LogP contribution in [0, 0.1) is 10.6 Å². The summed E-state index contributed by atoms with van der Waals surface area (Å²) < 4.78 is 0.939. The highest BCUT2D eigenvalue weighted by Crippen LogP contribution is 2.21. The smallest absolute Gasteiger partial charge is 0.207 e. The molecule has 2 N–H and O–H groups in total. The lowest BCUT2D eigenvalue weighted by molar-refractivity contribution is 0.388. The molecule has 0 aliphatic heterocycles. The van der Waals surface area contributed by atoms with Crippen LogP contribution in [-0.4, -0.2) is 10.2 Å². The molecular weight excluding hydrogens is 251 g/mol. The van der Waals surface area contributed by atoms with E-state index in [2.05, 4.69) is 27.6 Å². The van der Waals surface area contributed by atoms with Crippen molar-refractivity contribution in [1.82, 2.24) is 4.98 Å². The van der Waals surface area contributed by atoms with Crippen molar-refractivity contribution in [1.29, 1.82) is 0 Å². The molecule has 0 aliphatic carbocycles. The van der Waals surface area contributed by atoms with Crippen LogP contribution in [0.1, 0.15) is 4.88 Å². The van der Waals surface area contributed by atoms with Crippen LogP contribution < -0.4 is 5.48 Å². The Morgan fingerprint density at radius 1 is 1.78 bits per heavy atom. The number of anilines is 1. The summed E-state index contributed by atoms with van der Waals surface area (Å²) in [5, 5.41) is 8.92. The first kappa shape index (κ1) is 7.23. The number of nitrogens with one attached hydrogen (secondary N) is 1. The third-order valence-electron chi connectivity index (χ3n) is 0.836. The Morgan fingerprint density at radius 2 is 2.44 bits per heavy atom. The van der Waals surface area contributed by atoms with Crippen molar-refractivity contribution in [3.63, 3.8) is 0 Å². The van der Waals surface area contributed by atoms with Gasteiger partial charge in [-0.25, -0.2) is 10.5 Å². The molecule has 0 unspecified atom stereocenters. The van der Waals surface area contributed by atoms with Gasteiger partial charge in [0.15, 0.2) is 0 Å². The average molecular weight is 256 g/mol. The Labute approximate surface area is 70.2 Å². The van der Waals surface area contributed by atoms with E-state index in [4.69, 9.17) is 5.21 Å². The van der Waals surface area contributed by atoms with Gasteiger partial charge >= 0.3 is 0 Å². The van der Waals surface area contributed by atoms with Crippen LogP contribution in [-0.2, 0) is 0 Å². The summed E-state index contributed by atoms with van der Waals surface area (Å²) in [5.41, 5.74) is 1.99. The van der Waals surface area contributed by atoms with Crippen LogP contribution in [0.15, 0.2) is 0 Å². The molecule has 50 valence electrons. The Kier molecular flexibility index (Phi) is 2.25. The summed E-state index contributed by atoms with van der Waals surface area (Å²) in [6.07, 6.45) is 0. The van der Waals surface area contributed by atoms with E-state index in [0.717, 1.165) is 8.58 Å². The van der Waals surface area contributed by atoms with Crippen molar-refractivity contribution in [2.45, 2.75) is 6.92 Å². The lowest BCUT2D eigenvalue weighted by atomic mass is 10.7. The van der Waals surface area contributed by atoms with Crippen molar-refractivity contribution in [2.24, 2.45) is 0 Å². The number of thiazole rings is 1. The fourth-order valence-electron chi connectivity index (χ4n) is 0.426. The Hall–Kier alpha value is 0.120. The Bertz CT molecular complexity index is 193. The largest absolute Gasteiger partial charge is 0.289 e. The minimum atomic E-state index is 0.553. The molecule has 5 heteroatoms. The second kappa shape index (κ2) is 2.80. The zero-order chi connectivity index (χ0) is 6.85. The maximum absolute atomic E-state index is 8.37. The highest BCUT2D eigenvalue weighted by atomic mass is 127. The Balaban J connectivity index is 2.98. The van der Waals surface area contributed by atoms with E-state index < -0.39 is 0 Å².